The first-order valence-electron chi connectivity index (χ1n) is 5.92. The van der Waals surface area contributed by atoms with Crippen molar-refractivity contribution in [3.05, 3.63) is 0 Å². The highest BCUT2D eigenvalue weighted by Crippen LogP contribution is 2.43. The second kappa shape index (κ2) is 4.19. The Balaban J connectivity index is 0.000000853. The van der Waals surface area contributed by atoms with Crippen molar-refractivity contribution in [2.75, 3.05) is 19.6 Å². The number of nitrogens with one attached hydrogen (secondary N) is 1. The predicted molar refractivity (Wildman–Crippen MR) is 61.3 cm³/mol. The van der Waals surface area contributed by atoms with Crippen molar-refractivity contribution in [2.45, 2.75) is 49.9 Å². The van der Waals surface area contributed by atoms with Gasteiger partial charge in [0.15, 0.2) is 0 Å². The summed E-state index contributed by atoms with van der Waals surface area (Å²) in [6.07, 6.45) is 5.38. The highest BCUT2D eigenvalue weighted by molar-refractivity contribution is 5.85. The smallest absolute Gasteiger partial charge is 0.123 e. The minimum Gasteiger partial charge on any atom is -0.315 e. The molecule has 2 bridgehead atoms. The molecule has 1 N–H and O–H groups in total. The van der Waals surface area contributed by atoms with Gasteiger partial charge in [0, 0.05) is 25.2 Å². The molecule has 2 saturated heterocycles. The molecular weight excluding hydrogens is 215 g/mol. The van der Waals surface area contributed by atoms with Crippen LogP contribution in [0.4, 0.5) is 4.39 Å². The second-order valence-electron chi connectivity index (χ2n) is 5.20. The number of halogens is 2. The third-order valence-corrected chi connectivity index (χ3v) is 4.06. The Bertz CT molecular complexity index is 219. The summed E-state index contributed by atoms with van der Waals surface area (Å²) in [6, 6.07) is 1.29. The lowest BCUT2D eigenvalue weighted by Gasteiger charge is -2.28. The maximum Gasteiger partial charge on any atom is 0.123 e. The molecule has 0 spiro atoms. The Kier molecular flexibility index (Phi) is 3.25. The van der Waals surface area contributed by atoms with Crippen LogP contribution in [-0.4, -0.2) is 42.3 Å². The van der Waals surface area contributed by atoms with Crippen LogP contribution in [0.15, 0.2) is 0 Å². The van der Waals surface area contributed by atoms with Crippen LogP contribution in [0.5, 0.6) is 0 Å². The van der Waals surface area contributed by atoms with Crippen molar-refractivity contribution < 1.29 is 4.39 Å². The fourth-order valence-electron chi connectivity index (χ4n) is 2.96. The number of rotatable bonds is 2. The van der Waals surface area contributed by atoms with Crippen LogP contribution >= 0.6 is 12.4 Å². The molecule has 15 heavy (non-hydrogen) atoms. The summed E-state index contributed by atoms with van der Waals surface area (Å²) in [4.78, 5) is 2.45. The fourth-order valence-corrected chi connectivity index (χ4v) is 2.96. The molecule has 2 heterocycles. The molecule has 1 saturated carbocycles. The summed E-state index contributed by atoms with van der Waals surface area (Å²) in [7, 11) is 0. The molecular formula is C11H20ClFN2. The van der Waals surface area contributed by atoms with E-state index in [0.717, 1.165) is 25.9 Å². The largest absolute Gasteiger partial charge is 0.315 e. The monoisotopic (exact) mass is 234 g/mol. The quantitative estimate of drug-likeness (QED) is 0.783. The number of fused-ring (bicyclic) bond motifs is 2. The van der Waals surface area contributed by atoms with Crippen LogP contribution in [0.25, 0.3) is 0 Å². The van der Waals surface area contributed by atoms with E-state index in [0.29, 0.717) is 18.6 Å². The lowest BCUT2D eigenvalue weighted by molar-refractivity contribution is 0.133. The van der Waals surface area contributed by atoms with Gasteiger partial charge in [-0.3, -0.25) is 4.90 Å². The maximum atomic E-state index is 13.7. The van der Waals surface area contributed by atoms with E-state index in [1.165, 1.54) is 19.3 Å². The third-order valence-electron chi connectivity index (χ3n) is 4.06. The molecule has 0 aromatic rings. The highest BCUT2D eigenvalue weighted by Gasteiger charge is 2.48. The molecule has 2 nitrogen and oxygen atoms in total. The molecule has 2 unspecified atom stereocenters. The van der Waals surface area contributed by atoms with E-state index in [4.69, 9.17) is 0 Å². The molecule has 0 radical (unpaired) electrons. The normalized spacial score (nSPS) is 38.2. The standard InChI is InChI=1S/C11H19FN2.ClH/c12-11(4-5-11)8-14-9-1-2-10(14)7-13-6-3-9;/h9-10,13H,1-8H2;1H. The maximum absolute atomic E-state index is 13.7. The van der Waals surface area contributed by atoms with Crippen molar-refractivity contribution in [2.24, 2.45) is 0 Å². The van der Waals surface area contributed by atoms with Crippen molar-refractivity contribution in [1.82, 2.24) is 10.2 Å². The Morgan fingerprint density at radius 1 is 1.20 bits per heavy atom. The molecule has 3 rings (SSSR count). The van der Waals surface area contributed by atoms with Gasteiger partial charge in [-0.1, -0.05) is 0 Å². The Hall–Kier alpha value is 0.140. The van der Waals surface area contributed by atoms with E-state index in [9.17, 15) is 4.39 Å². The first-order valence-corrected chi connectivity index (χ1v) is 5.92. The SMILES string of the molecule is Cl.FC1(CN2C3CCNCC2CC3)CC1. The summed E-state index contributed by atoms with van der Waals surface area (Å²) in [5, 5.41) is 3.45. The van der Waals surface area contributed by atoms with Gasteiger partial charge in [0.2, 0.25) is 0 Å². The zero-order valence-corrected chi connectivity index (χ0v) is 9.86. The van der Waals surface area contributed by atoms with Crippen LogP contribution in [0.1, 0.15) is 32.1 Å². The molecule has 3 aliphatic rings. The molecule has 88 valence electrons. The number of nitrogens with zero attached hydrogens (tertiary/aromatic N) is 1. The van der Waals surface area contributed by atoms with E-state index >= 15 is 0 Å². The summed E-state index contributed by atoms with van der Waals surface area (Å²) in [6.45, 7) is 2.91. The van der Waals surface area contributed by atoms with Crippen molar-refractivity contribution in [3.63, 3.8) is 0 Å². The molecule has 4 heteroatoms. The lowest BCUT2D eigenvalue weighted by atomic mass is 10.1. The Morgan fingerprint density at radius 3 is 2.67 bits per heavy atom. The van der Waals surface area contributed by atoms with Gasteiger partial charge in [0.25, 0.3) is 0 Å². The van der Waals surface area contributed by atoms with Crippen molar-refractivity contribution in [3.8, 4) is 0 Å². The van der Waals surface area contributed by atoms with Crippen molar-refractivity contribution in [1.29, 1.82) is 0 Å². The fraction of sp³-hybridized carbons (Fsp3) is 1.00. The van der Waals surface area contributed by atoms with E-state index in [1.807, 2.05) is 0 Å². The zero-order chi connectivity index (χ0) is 9.60. The van der Waals surface area contributed by atoms with Crippen molar-refractivity contribution >= 4 is 12.4 Å². The molecule has 0 aromatic carbocycles. The summed E-state index contributed by atoms with van der Waals surface area (Å²) in [5.74, 6) is 0. The van der Waals surface area contributed by atoms with Crippen LogP contribution < -0.4 is 5.32 Å². The summed E-state index contributed by atoms with van der Waals surface area (Å²) in [5.41, 5.74) is -0.800. The molecule has 1 aliphatic carbocycles. The Morgan fingerprint density at radius 2 is 1.93 bits per heavy atom. The average Bonchev–Trinajstić information content (AvgIpc) is 2.75. The van der Waals surface area contributed by atoms with Gasteiger partial charge in [-0.2, -0.15) is 0 Å². The van der Waals surface area contributed by atoms with E-state index in [2.05, 4.69) is 10.2 Å². The molecule has 0 amide bonds. The first kappa shape index (κ1) is 11.6. The van der Waals surface area contributed by atoms with Gasteiger partial charge >= 0.3 is 0 Å². The average molecular weight is 235 g/mol. The molecule has 3 fully saturated rings. The van der Waals surface area contributed by atoms with Crippen LogP contribution in [0.3, 0.4) is 0 Å². The topological polar surface area (TPSA) is 15.3 Å². The van der Waals surface area contributed by atoms with Gasteiger partial charge in [-0.15, -0.1) is 12.4 Å². The minimum absolute atomic E-state index is 0. The number of alkyl halides is 1. The predicted octanol–water partition coefficient (Wildman–Crippen LogP) is 1.74. The summed E-state index contributed by atoms with van der Waals surface area (Å²) < 4.78 is 13.7. The second-order valence-corrected chi connectivity index (χ2v) is 5.20. The summed E-state index contributed by atoms with van der Waals surface area (Å²) >= 11 is 0. The highest BCUT2D eigenvalue weighted by atomic mass is 35.5. The zero-order valence-electron chi connectivity index (χ0n) is 9.04. The number of hydrogen-bond acceptors (Lipinski definition) is 2. The van der Waals surface area contributed by atoms with Crippen LogP contribution in [-0.2, 0) is 0 Å². The van der Waals surface area contributed by atoms with Gasteiger partial charge in [-0.25, -0.2) is 4.39 Å². The van der Waals surface area contributed by atoms with Crippen LogP contribution in [0, 0.1) is 0 Å². The number of hydrogen-bond donors (Lipinski definition) is 1. The lowest BCUT2D eigenvalue weighted by Crippen LogP contribution is -2.42. The van der Waals surface area contributed by atoms with Gasteiger partial charge in [-0.05, 0) is 38.6 Å². The van der Waals surface area contributed by atoms with E-state index < -0.39 is 5.67 Å². The van der Waals surface area contributed by atoms with Gasteiger partial charge in [0.05, 0.1) is 0 Å². The minimum atomic E-state index is -0.800. The molecule has 2 atom stereocenters. The van der Waals surface area contributed by atoms with Gasteiger partial charge in [0.1, 0.15) is 5.67 Å². The third kappa shape index (κ3) is 2.29. The van der Waals surface area contributed by atoms with Crippen LogP contribution in [0.2, 0.25) is 0 Å². The van der Waals surface area contributed by atoms with Gasteiger partial charge < -0.3 is 5.32 Å². The van der Waals surface area contributed by atoms with E-state index in [-0.39, 0.29) is 12.4 Å². The van der Waals surface area contributed by atoms with E-state index in [1.54, 1.807) is 0 Å². The molecule has 0 aromatic heterocycles. The first-order chi connectivity index (χ1) is 6.77. The molecule has 2 aliphatic heterocycles. The Labute approximate surface area is 97.0 Å².